The molecule has 1 saturated heterocycles. The van der Waals surface area contributed by atoms with E-state index in [0.29, 0.717) is 13.1 Å². The van der Waals surface area contributed by atoms with Crippen molar-refractivity contribution in [1.82, 2.24) is 25.2 Å². The number of likely N-dealkylation sites (tertiary alicyclic amines) is 1. The number of nitrogens with zero attached hydrogens (tertiary/aromatic N) is 4. The second-order valence-electron chi connectivity index (χ2n) is 5.04. The molecule has 0 spiro atoms. The molecule has 2 N–H and O–H groups in total. The van der Waals surface area contributed by atoms with Crippen LogP contribution in [0.25, 0.3) is 0 Å². The van der Waals surface area contributed by atoms with Crippen LogP contribution in [0.5, 0.6) is 0 Å². The van der Waals surface area contributed by atoms with E-state index in [0.717, 1.165) is 12.8 Å². The number of urea groups is 1. The first-order valence-electron chi connectivity index (χ1n) is 6.49. The zero-order chi connectivity index (χ0) is 14.1. The van der Waals surface area contributed by atoms with Crippen LogP contribution in [0, 0.1) is 0 Å². The van der Waals surface area contributed by atoms with Gasteiger partial charge in [0.2, 0.25) is 0 Å². The van der Waals surface area contributed by atoms with Crippen LogP contribution in [0.15, 0.2) is 18.3 Å². The molecule has 20 heavy (non-hydrogen) atoms. The highest BCUT2D eigenvalue weighted by Gasteiger charge is 2.33. The first-order chi connectivity index (χ1) is 9.63. The molecule has 0 atom stereocenters. The van der Waals surface area contributed by atoms with E-state index in [2.05, 4.69) is 27.8 Å². The maximum Gasteiger partial charge on any atom is 0.358 e. The van der Waals surface area contributed by atoms with Crippen LogP contribution in [-0.2, 0) is 0 Å². The van der Waals surface area contributed by atoms with Gasteiger partial charge in [-0.15, -0.1) is 5.10 Å². The quantitative estimate of drug-likeness (QED) is 0.772. The first-order valence-corrected chi connectivity index (χ1v) is 6.49. The molecule has 1 aromatic rings. The number of carbonyl (C=O) groups excluding carboxylic acids is 1. The van der Waals surface area contributed by atoms with E-state index >= 15 is 0 Å². The Bertz CT molecular complexity index is 553. The Labute approximate surface area is 115 Å². The average Bonchev–Trinajstić information content (AvgIpc) is 2.97. The summed E-state index contributed by atoms with van der Waals surface area (Å²) in [5.41, 5.74) is -0.0788. The van der Waals surface area contributed by atoms with Crippen LogP contribution in [0.2, 0.25) is 0 Å². The zero-order valence-corrected chi connectivity index (χ0v) is 10.8. The van der Waals surface area contributed by atoms with Crippen LogP contribution in [0.3, 0.4) is 0 Å². The third-order valence-electron chi connectivity index (χ3n) is 3.59. The van der Waals surface area contributed by atoms with Crippen molar-refractivity contribution in [3.05, 3.63) is 24.0 Å². The molecule has 2 aliphatic rings. The van der Waals surface area contributed by atoms with Crippen molar-refractivity contribution in [1.29, 1.82) is 0 Å². The van der Waals surface area contributed by atoms with Crippen LogP contribution < -0.4 is 5.32 Å². The monoisotopic (exact) mass is 277 g/mol. The molecule has 0 unspecified atom stereocenters. The minimum absolute atomic E-state index is 0.00283. The summed E-state index contributed by atoms with van der Waals surface area (Å²) in [6.07, 6.45) is 7.28. The number of carbonyl (C=O) groups is 2. The Balaban J connectivity index is 1.50. The second-order valence-corrected chi connectivity index (χ2v) is 5.04. The maximum absolute atomic E-state index is 11.9. The fourth-order valence-electron chi connectivity index (χ4n) is 2.34. The standard InChI is InChI=1S/C12H15N5O3/c18-11(19)10-7-17(15-14-10)9-5-16(6-9)12(20)13-8-3-1-2-4-8/h1-2,7-9H,3-6H2,(H,13,20)(H,18,19). The molecule has 1 aliphatic carbocycles. The Morgan fingerprint density at radius 2 is 2.00 bits per heavy atom. The van der Waals surface area contributed by atoms with Gasteiger partial charge in [0.15, 0.2) is 5.69 Å². The van der Waals surface area contributed by atoms with Gasteiger partial charge in [-0.05, 0) is 12.8 Å². The smallest absolute Gasteiger partial charge is 0.358 e. The summed E-state index contributed by atoms with van der Waals surface area (Å²) in [4.78, 5) is 24.3. The number of aromatic carboxylic acids is 1. The molecule has 8 nitrogen and oxygen atoms in total. The van der Waals surface area contributed by atoms with Crippen LogP contribution in [0.1, 0.15) is 29.4 Å². The van der Waals surface area contributed by atoms with E-state index in [4.69, 9.17) is 5.11 Å². The van der Waals surface area contributed by atoms with Crippen molar-refractivity contribution in [3.63, 3.8) is 0 Å². The molecule has 8 heteroatoms. The van der Waals surface area contributed by atoms with Crippen molar-refractivity contribution in [2.45, 2.75) is 24.9 Å². The van der Waals surface area contributed by atoms with Gasteiger partial charge >= 0.3 is 12.0 Å². The summed E-state index contributed by atoms with van der Waals surface area (Å²) in [7, 11) is 0. The van der Waals surface area contributed by atoms with Gasteiger partial charge in [0.05, 0.1) is 12.2 Å². The summed E-state index contributed by atoms with van der Waals surface area (Å²) in [5.74, 6) is -1.10. The number of carboxylic acid groups (broad SMARTS) is 1. The molecule has 1 fully saturated rings. The molecular formula is C12H15N5O3. The van der Waals surface area contributed by atoms with E-state index < -0.39 is 5.97 Å². The largest absolute Gasteiger partial charge is 0.476 e. The minimum atomic E-state index is -1.10. The summed E-state index contributed by atoms with van der Waals surface area (Å²) in [5, 5.41) is 19.1. The fraction of sp³-hybridized carbons (Fsp3) is 0.500. The zero-order valence-electron chi connectivity index (χ0n) is 10.8. The SMILES string of the molecule is O=C(O)c1cn(C2CN(C(=O)NC3CC=CC3)C2)nn1. The normalized spacial score (nSPS) is 19.1. The summed E-state index contributed by atoms with van der Waals surface area (Å²) < 4.78 is 1.50. The molecule has 0 saturated carbocycles. The van der Waals surface area contributed by atoms with Crippen molar-refractivity contribution in [2.75, 3.05) is 13.1 Å². The summed E-state index contributed by atoms with van der Waals surface area (Å²) in [6, 6.07) is 0.128. The van der Waals surface area contributed by atoms with Gasteiger partial charge in [0.1, 0.15) is 0 Å². The van der Waals surface area contributed by atoms with Gasteiger partial charge in [-0.3, -0.25) is 0 Å². The number of carboxylic acids is 1. The number of rotatable bonds is 3. The molecule has 0 bridgehead atoms. The molecule has 2 amide bonds. The van der Waals surface area contributed by atoms with E-state index in [-0.39, 0.29) is 23.8 Å². The lowest BCUT2D eigenvalue weighted by Crippen LogP contribution is -2.55. The Morgan fingerprint density at radius 1 is 1.30 bits per heavy atom. The lowest BCUT2D eigenvalue weighted by atomic mass is 10.1. The molecule has 1 aliphatic heterocycles. The van der Waals surface area contributed by atoms with Gasteiger partial charge in [0, 0.05) is 19.1 Å². The van der Waals surface area contributed by atoms with Gasteiger partial charge in [-0.25, -0.2) is 14.3 Å². The topological polar surface area (TPSA) is 100 Å². The third kappa shape index (κ3) is 2.36. The lowest BCUT2D eigenvalue weighted by molar-refractivity contribution is 0.0690. The third-order valence-corrected chi connectivity index (χ3v) is 3.59. The van der Waals surface area contributed by atoms with Crippen molar-refractivity contribution in [3.8, 4) is 0 Å². The van der Waals surface area contributed by atoms with Crippen molar-refractivity contribution >= 4 is 12.0 Å². The average molecular weight is 277 g/mol. The molecule has 0 radical (unpaired) electrons. The Kier molecular flexibility index (Phi) is 3.13. The highest BCUT2D eigenvalue weighted by Crippen LogP contribution is 2.21. The molecule has 2 heterocycles. The minimum Gasteiger partial charge on any atom is -0.476 e. The van der Waals surface area contributed by atoms with Gasteiger partial charge < -0.3 is 15.3 Å². The number of hydrogen-bond donors (Lipinski definition) is 2. The molecular weight excluding hydrogens is 262 g/mol. The highest BCUT2D eigenvalue weighted by molar-refractivity contribution is 5.84. The highest BCUT2D eigenvalue weighted by atomic mass is 16.4. The van der Waals surface area contributed by atoms with Crippen molar-refractivity contribution < 1.29 is 14.7 Å². The predicted octanol–water partition coefficient (Wildman–Crippen LogP) is 0.261. The number of amides is 2. The van der Waals surface area contributed by atoms with Crippen LogP contribution in [-0.4, -0.2) is 56.1 Å². The number of hydrogen-bond acceptors (Lipinski definition) is 4. The summed E-state index contributed by atoms with van der Waals surface area (Å²) in [6.45, 7) is 1.04. The Morgan fingerprint density at radius 3 is 2.60 bits per heavy atom. The Hall–Kier alpha value is -2.38. The fourth-order valence-corrected chi connectivity index (χ4v) is 2.34. The van der Waals surface area contributed by atoms with Gasteiger partial charge in [-0.1, -0.05) is 17.4 Å². The van der Waals surface area contributed by atoms with Gasteiger partial charge in [0.25, 0.3) is 0 Å². The van der Waals surface area contributed by atoms with Crippen molar-refractivity contribution in [2.24, 2.45) is 0 Å². The van der Waals surface area contributed by atoms with E-state index in [1.165, 1.54) is 10.9 Å². The summed E-state index contributed by atoms with van der Waals surface area (Å²) >= 11 is 0. The van der Waals surface area contributed by atoms with E-state index in [1.54, 1.807) is 4.90 Å². The second kappa shape index (κ2) is 4.95. The van der Waals surface area contributed by atoms with Gasteiger partial charge in [-0.2, -0.15) is 0 Å². The van der Waals surface area contributed by atoms with Crippen LogP contribution >= 0.6 is 0 Å². The predicted molar refractivity (Wildman–Crippen MR) is 68.3 cm³/mol. The van der Waals surface area contributed by atoms with Crippen LogP contribution in [0.4, 0.5) is 4.79 Å². The van der Waals surface area contributed by atoms with E-state index in [9.17, 15) is 9.59 Å². The molecule has 0 aromatic carbocycles. The first kappa shape index (κ1) is 12.6. The molecule has 3 rings (SSSR count). The number of nitrogens with one attached hydrogen (secondary N) is 1. The maximum atomic E-state index is 11.9. The molecule has 106 valence electrons. The van der Waals surface area contributed by atoms with E-state index in [1.807, 2.05) is 0 Å². The number of aromatic nitrogens is 3. The molecule has 1 aromatic heterocycles. The lowest BCUT2D eigenvalue weighted by Gasteiger charge is -2.39.